The Bertz CT molecular complexity index is 1320. The van der Waals surface area contributed by atoms with E-state index in [0.29, 0.717) is 28.5 Å². The first-order valence-corrected chi connectivity index (χ1v) is 9.93. The van der Waals surface area contributed by atoms with E-state index in [0.717, 1.165) is 11.6 Å². The monoisotopic (exact) mass is 449 g/mol. The Morgan fingerprint density at radius 1 is 0.909 bits per heavy atom. The van der Waals surface area contributed by atoms with E-state index >= 15 is 0 Å². The normalized spacial score (nSPS) is 10.8. The molecule has 7 nitrogen and oxygen atoms in total. The molecule has 0 radical (unpaired) electrons. The molecule has 0 amide bonds. The van der Waals surface area contributed by atoms with Crippen molar-refractivity contribution >= 4 is 22.7 Å². The number of fused-ring (bicyclic) bond motifs is 1. The number of aromatic nitrogens is 1. The van der Waals surface area contributed by atoms with E-state index < -0.39 is 17.6 Å². The molecule has 0 spiro atoms. The molecule has 4 rings (SSSR count). The number of ketones is 1. The van der Waals surface area contributed by atoms with Gasteiger partial charge in [0.25, 0.3) is 5.78 Å². The molecule has 0 saturated heterocycles. The summed E-state index contributed by atoms with van der Waals surface area (Å²) in [5.41, 5.74) is 1.96. The number of methoxy groups -OCH3 is 2. The highest BCUT2D eigenvalue weighted by Crippen LogP contribution is 2.28. The van der Waals surface area contributed by atoms with Crippen LogP contribution in [0.5, 0.6) is 17.2 Å². The van der Waals surface area contributed by atoms with Gasteiger partial charge in [-0.2, -0.15) is 0 Å². The molecular formula is C25H20FNO6. The van der Waals surface area contributed by atoms with E-state index in [1.165, 1.54) is 18.3 Å². The number of halogens is 1. The number of carboxylic acids is 1. The Balaban J connectivity index is 1.60. The number of hydrogen-bond acceptors (Lipinski definition) is 5. The minimum atomic E-state index is -1.60. The van der Waals surface area contributed by atoms with E-state index in [-0.39, 0.29) is 17.6 Å². The lowest BCUT2D eigenvalue weighted by atomic mass is 10.1. The van der Waals surface area contributed by atoms with Crippen molar-refractivity contribution in [1.82, 2.24) is 4.57 Å². The van der Waals surface area contributed by atoms with Gasteiger partial charge in [-0.1, -0.05) is 0 Å². The fourth-order valence-electron chi connectivity index (χ4n) is 3.53. The Kier molecular flexibility index (Phi) is 5.99. The number of carbonyl (C=O) groups excluding carboxylic acids is 1. The lowest BCUT2D eigenvalue weighted by Crippen LogP contribution is -2.12. The maximum Gasteiger partial charge on any atom is 0.377 e. The molecule has 0 aliphatic heterocycles. The molecule has 3 aromatic carbocycles. The lowest BCUT2D eigenvalue weighted by Gasteiger charge is -2.11. The van der Waals surface area contributed by atoms with Crippen molar-refractivity contribution in [3.63, 3.8) is 0 Å². The molecule has 0 atom stereocenters. The number of rotatable bonds is 8. The summed E-state index contributed by atoms with van der Waals surface area (Å²) < 4.78 is 31.8. The highest BCUT2D eigenvalue weighted by Gasteiger charge is 2.21. The Morgan fingerprint density at radius 3 is 2.18 bits per heavy atom. The van der Waals surface area contributed by atoms with Crippen LogP contribution in [0.15, 0.2) is 66.9 Å². The van der Waals surface area contributed by atoms with Gasteiger partial charge in [0.2, 0.25) is 0 Å². The zero-order valence-electron chi connectivity index (χ0n) is 17.9. The van der Waals surface area contributed by atoms with Crippen LogP contribution in [-0.4, -0.2) is 35.6 Å². The van der Waals surface area contributed by atoms with Gasteiger partial charge < -0.3 is 23.9 Å². The Hall–Kier alpha value is -4.33. The molecule has 0 aliphatic rings. The van der Waals surface area contributed by atoms with Crippen LogP contribution in [0.3, 0.4) is 0 Å². The molecule has 8 heteroatoms. The third-order valence-electron chi connectivity index (χ3n) is 5.14. The summed E-state index contributed by atoms with van der Waals surface area (Å²) >= 11 is 0. The molecule has 0 aliphatic carbocycles. The molecule has 0 bridgehead atoms. The molecule has 0 saturated carbocycles. The van der Waals surface area contributed by atoms with Crippen LogP contribution in [0.4, 0.5) is 4.39 Å². The second-order valence-corrected chi connectivity index (χ2v) is 7.21. The number of aliphatic carboxylic acids is 1. The first-order valence-electron chi connectivity index (χ1n) is 9.93. The van der Waals surface area contributed by atoms with Crippen LogP contribution in [0.1, 0.15) is 15.9 Å². The van der Waals surface area contributed by atoms with Gasteiger partial charge in [0.1, 0.15) is 29.7 Å². The van der Waals surface area contributed by atoms with E-state index in [4.69, 9.17) is 19.3 Å². The van der Waals surface area contributed by atoms with E-state index in [2.05, 4.69) is 0 Å². The average molecular weight is 449 g/mol. The largest absolute Gasteiger partial charge is 0.497 e. The standard InChI is InChI=1S/C25H20FNO6/c1-31-19-9-15(10-20(12-19)32-2)14-33-18-6-4-17(5-7-18)27-13-22(24(28)25(29)30)21-11-16(26)3-8-23(21)27/h3-13H,14H2,1-2H3,(H,29,30). The number of benzene rings is 3. The first-order chi connectivity index (χ1) is 15.9. The molecule has 1 aromatic heterocycles. The van der Waals surface area contributed by atoms with Crippen LogP contribution in [0, 0.1) is 5.82 Å². The highest BCUT2D eigenvalue weighted by molar-refractivity contribution is 6.42. The predicted octanol–water partition coefficient (Wildman–Crippen LogP) is 4.63. The summed E-state index contributed by atoms with van der Waals surface area (Å²) in [6, 6.07) is 16.4. The molecule has 1 N–H and O–H groups in total. The molecule has 0 fully saturated rings. The van der Waals surface area contributed by atoms with Crippen molar-refractivity contribution in [3.8, 4) is 22.9 Å². The van der Waals surface area contributed by atoms with E-state index in [1.807, 2.05) is 12.1 Å². The SMILES string of the molecule is COc1cc(COc2ccc(-n3cc(C(=O)C(=O)O)c4cc(F)ccc43)cc2)cc(OC)c1. The third-order valence-corrected chi connectivity index (χ3v) is 5.14. The number of Topliss-reactive ketones (excluding diaryl/α,β-unsaturated/α-hetero) is 1. The van der Waals surface area contributed by atoms with Crippen LogP contribution in [0.25, 0.3) is 16.6 Å². The van der Waals surface area contributed by atoms with Crippen molar-refractivity contribution in [1.29, 1.82) is 0 Å². The lowest BCUT2D eigenvalue weighted by molar-refractivity contribution is -0.131. The topological polar surface area (TPSA) is 87.0 Å². The van der Waals surface area contributed by atoms with E-state index in [1.54, 1.807) is 49.1 Å². The highest BCUT2D eigenvalue weighted by atomic mass is 19.1. The Labute approximate surface area is 188 Å². The third kappa shape index (κ3) is 4.50. The van der Waals surface area contributed by atoms with E-state index in [9.17, 15) is 14.0 Å². The molecule has 1 heterocycles. The molecule has 0 unspecified atom stereocenters. The summed E-state index contributed by atoms with van der Waals surface area (Å²) in [5, 5.41) is 9.35. The number of hydrogen-bond donors (Lipinski definition) is 1. The molecule has 4 aromatic rings. The van der Waals surface area contributed by atoms with Gasteiger partial charge in [0.05, 0.1) is 25.3 Å². The maximum atomic E-state index is 13.8. The van der Waals surface area contributed by atoms with Gasteiger partial charge in [-0.15, -0.1) is 0 Å². The van der Waals surface area contributed by atoms with Crippen molar-refractivity contribution in [2.24, 2.45) is 0 Å². The zero-order valence-corrected chi connectivity index (χ0v) is 17.9. The summed E-state index contributed by atoms with van der Waals surface area (Å²) in [7, 11) is 3.15. The first kappa shape index (κ1) is 21.9. The second kappa shape index (κ2) is 9.04. The van der Waals surface area contributed by atoms with Crippen molar-refractivity contribution in [2.45, 2.75) is 6.61 Å². The minimum absolute atomic E-state index is 0.0794. The van der Waals surface area contributed by atoms with Gasteiger partial charge in [-0.3, -0.25) is 4.79 Å². The number of carboxylic acid groups (broad SMARTS) is 1. The van der Waals surface area contributed by atoms with Gasteiger partial charge in [-0.05, 0) is 60.2 Å². The van der Waals surface area contributed by atoms with Crippen LogP contribution in [-0.2, 0) is 11.4 Å². The molecular weight excluding hydrogens is 429 g/mol. The van der Waals surface area contributed by atoms with Crippen LogP contribution >= 0.6 is 0 Å². The summed E-state index contributed by atoms with van der Waals surface area (Å²) in [6.07, 6.45) is 1.40. The Morgan fingerprint density at radius 2 is 1.58 bits per heavy atom. The second-order valence-electron chi connectivity index (χ2n) is 7.21. The van der Waals surface area contributed by atoms with Crippen LogP contribution < -0.4 is 14.2 Å². The number of ether oxygens (including phenoxy) is 3. The fraction of sp³-hybridized carbons (Fsp3) is 0.120. The quantitative estimate of drug-likeness (QED) is 0.312. The summed E-state index contributed by atoms with van der Waals surface area (Å²) in [5.74, 6) is -1.34. The molecule has 168 valence electrons. The number of carbonyl (C=O) groups is 2. The van der Waals surface area contributed by atoms with Crippen molar-refractivity contribution in [2.75, 3.05) is 14.2 Å². The fourth-order valence-corrected chi connectivity index (χ4v) is 3.53. The molecule has 33 heavy (non-hydrogen) atoms. The zero-order chi connectivity index (χ0) is 23.5. The number of nitrogens with zero attached hydrogens (tertiary/aromatic N) is 1. The van der Waals surface area contributed by atoms with Crippen molar-refractivity contribution in [3.05, 3.63) is 83.8 Å². The smallest absolute Gasteiger partial charge is 0.377 e. The van der Waals surface area contributed by atoms with Gasteiger partial charge >= 0.3 is 5.97 Å². The van der Waals surface area contributed by atoms with Gasteiger partial charge in [0.15, 0.2) is 0 Å². The van der Waals surface area contributed by atoms with Gasteiger partial charge in [-0.25, -0.2) is 9.18 Å². The van der Waals surface area contributed by atoms with Crippen molar-refractivity contribution < 1.29 is 33.3 Å². The summed E-state index contributed by atoms with van der Waals surface area (Å²) in [6.45, 7) is 0.288. The van der Waals surface area contributed by atoms with Gasteiger partial charge in [0, 0.05) is 23.3 Å². The summed E-state index contributed by atoms with van der Waals surface area (Å²) in [4.78, 5) is 23.3. The minimum Gasteiger partial charge on any atom is -0.497 e. The average Bonchev–Trinajstić information content (AvgIpc) is 3.20. The predicted molar refractivity (Wildman–Crippen MR) is 119 cm³/mol. The van der Waals surface area contributed by atoms with Crippen LogP contribution in [0.2, 0.25) is 0 Å². The maximum absolute atomic E-state index is 13.8.